The smallest absolute Gasteiger partial charge is 0.410 e. The quantitative estimate of drug-likeness (QED) is 0.376. The molecule has 1 aliphatic heterocycles. The lowest BCUT2D eigenvalue weighted by Gasteiger charge is -2.30. The zero-order chi connectivity index (χ0) is 26.1. The fourth-order valence-corrected chi connectivity index (χ4v) is 4.08. The largest absolute Gasteiger partial charge is 0.446 e. The maximum atomic E-state index is 13.2. The predicted molar refractivity (Wildman–Crippen MR) is 129 cm³/mol. The van der Waals surface area contributed by atoms with Gasteiger partial charge in [0, 0.05) is 25.9 Å². The van der Waals surface area contributed by atoms with Gasteiger partial charge in [0.15, 0.2) is 0 Å². The van der Waals surface area contributed by atoms with E-state index in [0.29, 0.717) is 25.8 Å². The molecule has 0 bridgehead atoms. The molecule has 1 aromatic carbocycles. The minimum atomic E-state index is -1.26. The Kier molecular flexibility index (Phi) is 10.2. The van der Waals surface area contributed by atoms with Crippen LogP contribution in [0.4, 0.5) is 4.79 Å². The van der Waals surface area contributed by atoms with Crippen LogP contribution in [-0.2, 0) is 30.3 Å². The molecule has 4 amide bonds. The second-order valence-electron chi connectivity index (χ2n) is 9.44. The van der Waals surface area contributed by atoms with Gasteiger partial charge in [-0.2, -0.15) is 0 Å². The van der Waals surface area contributed by atoms with E-state index >= 15 is 0 Å². The Morgan fingerprint density at radius 3 is 2.37 bits per heavy atom. The van der Waals surface area contributed by atoms with E-state index in [1.54, 1.807) is 6.92 Å². The molecular formula is C25H36N4O6. The Bertz CT molecular complexity index is 920. The van der Waals surface area contributed by atoms with E-state index in [1.807, 2.05) is 44.2 Å². The third kappa shape index (κ3) is 8.38. The van der Waals surface area contributed by atoms with Crippen LogP contribution in [0, 0.1) is 11.8 Å². The minimum absolute atomic E-state index is 0.0358. The van der Waals surface area contributed by atoms with Crippen molar-refractivity contribution in [2.24, 2.45) is 17.6 Å². The van der Waals surface area contributed by atoms with Crippen molar-refractivity contribution in [3.05, 3.63) is 35.9 Å². The molecule has 0 spiro atoms. The molecule has 1 aromatic rings. The Morgan fingerprint density at radius 2 is 1.83 bits per heavy atom. The van der Waals surface area contributed by atoms with Crippen molar-refractivity contribution in [1.29, 1.82) is 0 Å². The Labute approximate surface area is 205 Å². The number of nitrogens with two attached hydrogens (primary N) is 1. The van der Waals surface area contributed by atoms with Crippen molar-refractivity contribution >= 4 is 29.6 Å². The highest BCUT2D eigenvalue weighted by molar-refractivity contribution is 6.37. The summed E-state index contributed by atoms with van der Waals surface area (Å²) in [4.78, 5) is 63.2. The fourth-order valence-electron chi connectivity index (χ4n) is 4.08. The number of amides is 4. The van der Waals surface area contributed by atoms with Crippen LogP contribution in [0.3, 0.4) is 0 Å². The highest BCUT2D eigenvalue weighted by Crippen LogP contribution is 2.19. The number of rotatable bonds is 12. The summed E-state index contributed by atoms with van der Waals surface area (Å²) < 4.78 is 5.55. The first-order valence-corrected chi connectivity index (χ1v) is 11.9. The summed E-state index contributed by atoms with van der Waals surface area (Å²) in [5.74, 6) is -3.53. The van der Waals surface area contributed by atoms with Crippen molar-refractivity contribution in [3.63, 3.8) is 0 Å². The molecule has 0 aliphatic carbocycles. The molecule has 1 saturated heterocycles. The number of ketones is 1. The monoisotopic (exact) mass is 488 g/mol. The molecule has 4 N–H and O–H groups in total. The summed E-state index contributed by atoms with van der Waals surface area (Å²) in [6.07, 6.45) is 0.141. The average molecular weight is 489 g/mol. The second kappa shape index (κ2) is 12.9. The maximum Gasteiger partial charge on any atom is 0.410 e. The van der Waals surface area contributed by atoms with Crippen molar-refractivity contribution in [1.82, 2.24) is 15.5 Å². The van der Waals surface area contributed by atoms with E-state index in [4.69, 9.17) is 10.5 Å². The molecule has 1 fully saturated rings. The zero-order valence-electron chi connectivity index (χ0n) is 20.8. The third-order valence-electron chi connectivity index (χ3n) is 5.98. The molecule has 10 heteroatoms. The lowest BCUT2D eigenvalue weighted by molar-refractivity contribution is -0.139. The van der Waals surface area contributed by atoms with Gasteiger partial charge >= 0.3 is 6.09 Å². The molecule has 0 aromatic heterocycles. The fraction of sp³-hybridized carbons (Fsp3) is 0.560. The molecule has 4 unspecified atom stereocenters. The van der Waals surface area contributed by atoms with Gasteiger partial charge < -0.3 is 21.1 Å². The SMILES string of the molecule is CC(C)CC(C(=O)NC(CC1CCNC1=O)C(=O)C(N)=O)N(C)C(=O)OC(C)Cc1ccccc1. The van der Waals surface area contributed by atoms with Gasteiger partial charge in [0.2, 0.25) is 17.6 Å². The number of likely N-dealkylation sites (N-methyl/N-ethyl adjacent to an activating group) is 1. The lowest BCUT2D eigenvalue weighted by Crippen LogP contribution is -2.55. The molecule has 0 radical (unpaired) electrons. The predicted octanol–water partition coefficient (Wildman–Crippen LogP) is 1.17. The number of carbonyl (C=O) groups excluding carboxylic acids is 5. The van der Waals surface area contributed by atoms with E-state index in [9.17, 15) is 24.0 Å². The first kappa shape index (κ1) is 27.8. The molecule has 2 rings (SSSR count). The normalized spacial score (nSPS) is 17.7. The van der Waals surface area contributed by atoms with Gasteiger partial charge in [-0.25, -0.2) is 4.79 Å². The molecule has 1 heterocycles. The van der Waals surface area contributed by atoms with Crippen LogP contribution in [0.25, 0.3) is 0 Å². The number of nitrogens with zero attached hydrogens (tertiary/aromatic N) is 1. The van der Waals surface area contributed by atoms with E-state index < -0.39 is 47.8 Å². The summed E-state index contributed by atoms with van der Waals surface area (Å²) in [6, 6.07) is 7.36. The van der Waals surface area contributed by atoms with Crippen molar-refractivity contribution in [3.8, 4) is 0 Å². The minimum Gasteiger partial charge on any atom is -0.446 e. The highest BCUT2D eigenvalue weighted by Gasteiger charge is 2.36. The van der Waals surface area contributed by atoms with Gasteiger partial charge in [0.1, 0.15) is 12.1 Å². The molecule has 192 valence electrons. The van der Waals surface area contributed by atoms with Crippen LogP contribution in [-0.4, -0.2) is 66.3 Å². The first-order chi connectivity index (χ1) is 16.5. The van der Waals surface area contributed by atoms with Crippen LogP contribution < -0.4 is 16.4 Å². The highest BCUT2D eigenvalue weighted by atomic mass is 16.6. The Hall–Kier alpha value is -3.43. The topological polar surface area (TPSA) is 148 Å². The standard InChI is InChI=1S/C25H36N4O6/c1-15(2)12-20(29(4)25(34)35-16(3)13-17-8-6-5-7-9-17)24(33)28-19(21(30)22(26)31)14-18-10-11-27-23(18)32/h5-9,15-16,18-20H,10-14H2,1-4H3,(H2,26,31)(H,27,32)(H,28,33). The van der Waals surface area contributed by atoms with Gasteiger partial charge in [-0.05, 0) is 37.7 Å². The van der Waals surface area contributed by atoms with Crippen molar-refractivity contribution in [2.45, 2.75) is 64.6 Å². The summed E-state index contributed by atoms with van der Waals surface area (Å²) in [7, 11) is 1.46. The summed E-state index contributed by atoms with van der Waals surface area (Å²) in [5, 5.41) is 5.23. The number of Topliss-reactive ketones (excluding diaryl/α,β-unsaturated/α-hetero) is 1. The average Bonchev–Trinajstić information content (AvgIpc) is 3.20. The molecule has 0 saturated carbocycles. The summed E-state index contributed by atoms with van der Waals surface area (Å²) in [5.41, 5.74) is 6.19. The van der Waals surface area contributed by atoms with Crippen LogP contribution >= 0.6 is 0 Å². The number of hydrogen-bond acceptors (Lipinski definition) is 6. The van der Waals surface area contributed by atoms with Gasteiger partial charge in [0.05, 0.1) is 6.04 Å². The second-order valence-corrected chi connectivity index (χ2v) is 9.44. The molecular weight excluding hydrogens is 452 g/mol. The van der Waals surface area contributed by atoms with Crippen LogP contribution in [0.2, 0.25) is 0 Å². The van der Waals surface area contributed by atoms with Crippen LogP contribution in [0.5, 0.6) is 0 Å². The van der Waals surface area contributed by atoms with Crippen molar-refractivity contribution in [2.75, 3.05) is 13.6 Å². The van der Waals surface area contributed by atoms with E-state index in [0.717, 1.165) is 5.56 Å². The summed E-state index contributed by atoms with van der Waals surface area (Å²) in [6.45, 7) is 6.02. The third-order valence-corrected chi connectivity index (χ3v) is 5.98. The first-order valence-electron chi connectivity index (χ1n) is 11.9. The van der Waals surface area contributed by atoms with Crippen molar-refractivity contribution < 1.29 is 28.7 Å². The van der Waals surface area contributed by atoms with Gasteiger partial charge in [-0.1, -0.05) is 44.2 Å². The molecule has 35 heavy (non-hydrogen) atoms. The lowest BCUT2D eigenvalue weighted by atomic mass is 9.94. The number of ether oxygens (including phenoxy) is 1. The number of primary amides is 1. The number of nitrogens with one attached hydrogen (secondary N) is 2. The maximum absolute atomic E-state index is 13.2. The van der Waals surface area contributed by atoms with Gasteiger partial charge in [-0.3, -0.25) is 24.1 Å². The number of hydrogen-bond donors (Lipinski definition) is 3. The number of carbonyl (C=O) groups is 5. The molecule has 1 aliphatic rings. The van der Waals surface area contributed by atoms with Gasteiger partial charge in [-0.15, -0.1) is 0 Å². The number of benzene rings is 1. The van der Waals surface area contributed by atoms with E-state index in [2.05, 4.69) is 10.6 Å². The Morgan fingerprint density at radius 1 is 1.17 bits per heavy atom. The zero-order valence-corrected chi connectivity index (χ0v) is 20.8. The van der Waals surface area contributed by atoms with Crippen LogP contribution in [0.1, 0.15) is 45.6 Å². The van der Waals surface area contributed by atoms with Gasteiger partial charge in [0.25, 0.3) is 5.91 Å². The van der Waals surface area contributed by atoms with Crippen LogP contribution in [0.15, 0.2) is 30.3 Å². The van der Waals surface area contributed by atoms with E-state index in [-0.39, 0.29) is 18.2 Å². The van der Waals surface area contributed by atoms with E-state index in [1.165, 1.54) is 11.9 Å². The summed E-state index contributed by atoms with van der Waals surface area (Å²) >= 11 is 0. The molecule has 4 atom stereocenters. The Balaban J connectivity index is 2.11. The molecule has 10 nitrogen and oxygen atoms in total.